The zero-order valence-electron chi connectivity index (χ0n) is 30.0. The fourth-order valence-electron chi connectivity index (χ4n) is 5.85. The first-order chi connectivity index (χ1) is 27.3. The van der Waals surface area contributed by atoms with Crippen LogP contribution >= 0.6 is 39.1 Å². The molecule has 4 unspecified atom stereocenters. The first-order valence-electron chi connectivity index (χ1n) is 16.3. The van der Waals surface area contributed by atoms with E-state index < -0.39 is 113 Å². The van der Waals surface area contributed by atoms with Crippen molar-refractivity contribution in [3.63, 3.8) is 0 Å². The Morgan fingerprint density at radius 2 is 1.46 bits per heavy atom. The van der Waals surface area contributed by atoms with Crippen LogP contribution in [-0.2, 0) is 63.5 Å². The Labute approximate surface area is 329 Å². The number of phosphoric acid groups is 5. The molecule has 0 spiro atoms. The lowest BCUT2D eigenvalue weighted by Crippen LogP contribution is -2.38. The summed E-state index contributed by atoms with van der Waals surface area (Å²) in [5, 5.41) is 21.1. The van der Waals surface area contributed by atoms with Crippen LogP contribution in [0.2, 0.25) is 0 Å². The molecule has 0 radical (unpaired) electrons. The second-order valence-corrected chi connectivity index (χ2v) is 19.7. The van der Waals surface area contributed by atoms with Crippen LogP contribution in [0.4, 0.5) is 5.82 Å². The molecule has 332 valence electrons. The van der Waals surface area contributed by atoms with Gasteiger partial charge < -0.3 is 59.5 Å². The highest BCUT2D eigenvalue weighted by molar-refractivity contribution is 7.69. The number of fused-ring (bicyclic) bond motifs is 1. The first kappa shape index (κ1) is 47.6. The number of aliphatic hydroxyl groups is 2. The maximum atomic E-state index is 13.4. The maximum Gasteiger partial charge on any atom is 0.490 e. The number of nitrogens with one attached hydrogen (secondary N) is 1. The summed E-state index contributed by atoms with van der Waals surface area (Å²) in [5.74, 6) is 0.0873. The highest BCUT2D eigenvalue weighted by atomic mass is 31.3. The molecule has 0 aromatic carbocycles. The highest BCUT2D eigenvalue weighted by Gasteiger charge is 2.53. The van der Waals surface area contributed by atoms with Gasteiger partial charge in [-0.25, -0.2) is 37.6 Å². The second-order valence-electron chi connectivity index (χ2n) is 12.3. The SMILES string of the molecule is CCC1=C(N)c2ncn([C@@H]3O[C@H](COP(=O)(O)OP(=O)(O)OP(=O)(O)OP(=O)(O)O)[C@@H](OP(=O)(O)OC[C@H]4O[C@@H](n5ccc(=O)[nH]c5=O)[C@H](O)[C@@H]4O)[C@H]3OC)c2N=CC1. The minimum absolute atomic E-state index is 0.0873. The van der Waals surface area contributed by atoms with Crippen LogP contribution in [0.3, 0.4) is 0 Å². The summed E-state index contributed by atoms with van der Waals surface area (Å²) in [6.45, 7) is -0.436. The predicted octanol–water partition coefficient (Wildman–Crippen LogP) is -0.887. The van der Waals surface area contributed by atoms with Crippen molar-refractivity contribution < 1.29 is 103 Å². The van der Waals surface area contributed by atoms with Crippen LogP contribution in [0.5, 0.6) is 0 Å². The number of hydrogen-bond donors (Lipinski definition) is 10. The van der Waals surface area contributed by atoms with Crippen molar-refractivity contribution in [2.45, 2.75) is 68.8 Å². The van der Waals surface area contributed by atoms with Gasteiger partial charge in [-0.2, -0.15) is 12.9 Å². The predicted molar refractivity (Wildman–Crippen MR) is 190 cm³/mol. The molecule has 35 heteroatoms. The van der Waals surface area contributed by atoms with Crippen LogP contribution in [-0.4, -0.2) is 122 Å². The normalized spacial score (nSPS) is 30.3. The fourth-order valence-corrected chi connectivity index (χ4v) is 11.3. The van der Waals surface area contributed by atoms with Crippen LogP contribution in [0.1, 0.15) is 37.9 Å². The zero-order valence-corrected chi connectivity index (χ0v) is 34.4. The lowest BCUT2D eigenvalue weighted by molar-refractivity contribution is -0.0610. The van der Waals surface area contributed by atoms with Gasteiger partial charge in [-0.15, -0.1) is 0 Å². The molecule has 12 atom stereocenters. The summed E-state index contributed by atoms with van der Waals surface area (Å²) < 4.78 is 106. The molecule has 0 bridgehead atoms. The van der Waals surface area contributed by atoms with E-state index in [-0.39, 0.29) is 17.2 Å². The second kappa shape index (κ2) is 18.1. The van der Waals surface area contributed by atoms with Crippen LogP contribution in [0.15, 0.2) is 38.7 Å². The molecule has 2 fully saturated rings. The van der Waals surface area contributed by atoms with Crippen molar-refractivity contribution in [3.05, 3.63) is 50.7 Å². The van der Waals surface area contributed by atoms with Crippen molar-refractivity contribution in [1.82, 2.24) is 19.1 Å². The number of aromatic amines is 1. The van der Waals surface area contributed by atoms with E-state index in [0.29, 0.717) is 12.8 Å². The van der Waals surface area contributed by atoms with Crippen molar-refractivity contribution >= 4 is 56.8 Å². The topological polar surface area (TPSA) is 441 Å². The number of imidazole rings is 1. The Balaban J connectivity index is 1.38. The number of allylic oxidation sites excluding steroid dienone is 1. The van der Waals surface area contributed by atoms with Crippen LogP contribution < -0.4 is 17.0 Å². The van der Waals surface area contributed by atoms with Gasteiger partial charge in [0, 0.05) is 32.0 Å². The van der Waals surface area contributed by atoms with E-state index in [9.17, 15) is 62.2 Å². The highest BCUT2D eigenvalue weighted by Crippen LogP contribution is 2.70. The lowest BCUT2D eigenvalue weighted by atomic mass is 10.1. The average molecular weight is 948 g/mol. The van der Waals surface area contributed by atoms with Gasteiger partial charge >= 0.3 is 44.8 Å². The number of phosphoric ester groups is 2. The van der Waals surface area contributed by atoms with Gasteiger partial charge in [0.1, 0.15) is 42.3 Å². The number of H-pyrrole nitrogens is 1. The molecule has 30 nitrogen and oxygen atoms in total. The molecule has 5 heterocycles. The Morgan fingerprint density at radius 1 is 0.847 bits per heavy atom. The molecular weight excluding hydrogens is 911 g/mol. The summed E-state index contributed by atoms with van der Waals surface area (Å²) in [5.41, 5.74) is 5.76. The Bertz CT molecular complexity index is 2310. The van der Waals surface area contributed by atoms with Crippen molar-refractivity contribution in [2.75, 3.05) is 20.3 Å². The Morgan fingerprint density at radius 3 is 2.08 bits per heavy atom. The number of aliphatic hydroxyl groups excluding tert-OH is 2. The average Bonchev–Trinajstić information content (AvgIpc) is 3.71. The summed E-state index contributed by atoms with van der Waals surface area (Å²) in [6, 6.07) is 0.921. The third kappa shape index (κ3) is 11.7. The van der Waals surface area contributed by atoms with Crippen LogP contribution in [0, 0.1) is 0 Å². The summed E-state index contributed by atoms with van der Waals surface area (Å²) in [4.78, 5) is 91.9. The molecule has 3 aliphatic rings. The van der Waals surface area contributed by atoms with E-state index in [1.165, 1.54) is 17.1 Å². The zero-order chi connectivity index (χ0) is 43.9. The number of aromatic nitrogens is 4. The van der Waals surface area contributed by atoms with Gasteiger partial charge in [0.15, 0.2) is 18.3 Å². The van der Waals surface area contributed by atoms with E-state index in [1.807, 2.05) is 11.9 Å². The molecule has 0 aliphatic carbocycles. The molecule has 2 aromatic rings. The number of nitrogens with two attached hydrogens (primary N) is 1. The van der Waals surface area contributed by atoms with Gasteiger partial charge in [-0.1, -0.05) is 6.92 Å². The minimum Gasteiger partial charge on any atom is -0.397 e. The Kier molecular flexibility index (Phi) is 14.6. The fraction of sp³-hybridized carbons (Fsp3) is 0.583. The van der Waals surface area contributed by atoms with Gasteiger partial charge in [-0.05, 0) is 12.0 Å². The van der Waals surface area contributed by atoms with Gasteiger partial charge in [0.05, 0.1) is 25.2 Å². The van der Waals surface area contributed by atoms with E-state index in [0.717, 1.165) is 29.5 Å². The van der Waals surface area contributed by atoms with Gasteiger partial charge in [-0.3, -0.25) is 32.5 Å². The van der Waals surface area contributed by atoms with Crippen molar-refractivity contribution in [1.29, 1.82) is 0 Å². The molecule has 0 amide bonds. The van der Waals surface area contributed by atoms with Gasteiger partial charge in [0.25, 0.3) is 5.56 Å². The lowest BCUT2D eigenvalue weighted by Gasteiger charge is -2.26. The smallest absolute Gasteiger partial charge is 0.397 e. The quantitative estimate of drug-likeness (QED) is 0.0811. The molecule has 59 heavy (non-hydrogen) atoms. The summed E-state index contributed by atoms with van der Waals surface area (Å²) in [7, 11) is -28.5. The first-order valence-corrected chi connectivity index (χ1v) is 23.8. The number of methoxy groups -OCH3 is 1. The molecule has 0 saturated carbocycles. The van der Waals surface area contributed by atoms with E-state index in [2.05, 4.69) is 22.9 Å². The molecule has 2 saturated heterocycles. The number of hydrogen-bond acceptors (Lipinski definition) is 21. The number of ether oxygens (including phenoxy) is 3. The Hall–Kier alpha value is -2.43. The van der Waals surface area contributed by atoms with Crippen molar-refractivity contribution in [2.24, 2.45) is 10.7 Å². The standard InChI is InChI=1S/C24H37N6O24P5/c1-3-11-4-6-26-21-16(15(11)25)27-10-30(21)23-20(46-2)19(13(50-23)9-48-57(40,41)53-59(44,45)54-58(42,43)52-55(35,36)37)51-56(38,39)47-8-12-17(32)18(33)22(49-12)29-7-5-14(31)28-24(29)34/h5-7,10,12-13,17-20,22-23,32-33H,3-4,8-9,25H2,1-2H3,(H,38,39)(H,40,41)(H,42,43)(H,44,45)(H,28,31,34)(H2,35,36,37)/t12-,13-,17-,18-,19-,20-,22-,23-/m1/s1. The third-order valence-electron chi connectivity index (χ3n) is 8.36. The number of nitrogens with zero attached hydrogens (tertiary/aromatic N) is 4. The number of aliphatic imine (C=N–C) groups is 1. The number of rotatable bonds is 18. The third-order valence-corrected chi connectivity index (χ3v) is 14.8. The monoisotopic (exact) mass is 948 g/mol. The molecule has 5 rings (SSSR count). The molecular formula is C24H37N6O24P5. The maximum absolute atomic E-state index is 13.4. The summed E-state index contributed by atoms with van der Waals surface area (Å²) in [6.07, 6.45) is -9.06. The van der Waals surface area contributed by atoms with Crippen LogP contribution in [0.25, 0.3) is 5.70 Å². The van der Waals surface area contributed by atoms with E-state index >= 15 is 0 Å². The van der Waals surface area contributed by atoms with Crippen molar-refractivity contribution in [3.8, 4) is 0 Å². The molecule has 2 aromatic heterocycles. The minimum atomic E-state index is -6.24. The summed E-state index contributed by atoms with van der Waals surface area (Å²) >= 11 is 0. The van der Waals surface area contributed by atoms with Gasteiger partial charge in [0.2, 0.25) is 0 Å². The largest absolute Gasteiger partial charge is 0.490 e. The van der Waals surface area contributed by atoms with E-state index in [4.69, 9.17) is 43.3 Å². The van der Waals surface area contributed by atoms with E-state index in [1.54, 1.807) is 0 Å². The molecule has 11 N–H and O–H groups in total. The molecule has 3 aliphatic heterocycles.